The van der Waals surface area contributed by atoms with Crippen LogP contribution in [0, 0.1) is 5.92 Å². The Kier molecular flexibility index (Phi) is 3.79. The van der Waals surface area contributed by atoms with E-state index in [0.29, 0.717) is 5.92 Å². The van der Waals surface area contributed by atoms with Crippen molar-refractivity contribution in [2.75, 3.05) is 18.4 Å². The molecule has 0 saturated carbocycles. The lowest BCUT2D eigenvalue weighted by Crippen LogP contribution is -2.24. The SMILES string of the molecule is CC(C)c1cccc(NC(=O)C2CCNC2)c1. The lowest BCUT2D eigenvalue weighted by molar-refractivity contribution is -0.119. The number of nitrogens with one attached hydrogen (secondary N) is 2. The number of rotatable bonds is 3. The van der Waals surface area contributed by atoms with Gasteiger partial charge in [-0.25, -0.2) is 0 Å². The second-order valence-corrected chi connectivity index (χ2v) is 4.96. The quantitative estimate of drug-likeness (QED) is 0.840. The Balaban J connectivity index is 2.02. The summed E-state index contributed by atoms with van der Waals surface area (Å²) in [5.74, 6) is 0.744. The number of hydrogen-bond donors (Lipinski definition) is 2. The standard InChI is InChI=1S/C14H20N2O/c1-10(2)11-4-3-5-13(8-11)16-14(17)12-6-7-15-9-12/h3-5,8,10,12,15H,6-7,9H2,1-2H3,(H,16,17). The summed E-state index contributed by atoms with van der Waals surface area (Å²) in [5, 5.41) is 6.21. The lowest BCUT2D eigenvalue weighted by atomic mass is 10.0. The van der Waals surface area contributed by atoms with Gasteiger partial charge in [-0.3, -0.25) is 4.79 Å². The summed E-state index contributed by atoms with van der Waals surface area (Å²) in [7, 11) is 0. The van der Waals surface area contributed by atoms with Gasteiger partial charge in [0.1, 0.15) is 0 Å². The number of benzene rings is 1. The van der Waals surface area contributed by atoms with Gasteiger partial charge in [-0.05, 0) is 36.6 Å². The van der Waals surface area contributed by atoms with Crippen LogP contribution in [0.3, 0.4) is 0 Å². The Labute approximate surface area is 103 Å². The first kappa shape index (κ1) is 12.1. The van der Waals surface area contributed by atoms with E-state index < -0.39 is 0 Å². The largest absolute Gasteiger partial charge is 0.326 e. The summed E-state index contributed by atoms with van der Waals surface area (Å²) in [4.78, 5) is 11.9. The minimum atomic E-state index is 0.123. The first-order valence-corrected chi connectivity index (χ1v) is 6.28. The van der Waals surface area contributed by atoms with E-state index in [2.05, 4.69) is 36.6 Å². The molecule has 17 heavy (non-hydrogen) atoms. The van der Waals surface area contributed by atoms with Crippen LogP contribution in [-0.2, 0) is 4.79 Å². The summed E-state index contributed by atoms with van der Waals surface area (Å²) in [6.45, 7) is 6.06. The highest BCUT2D eigenvalue weighted by molar-refractivity contribution is 5.92. The number of amides is 1. The van der Waals surface area contributed by atoms with E-state index in [4.69, 9.17) is 0 Å². The van der Waals surface area contributed by atoms with Crippen LogP contribution in [0.15, 0.2) is 24.3 Å². The zero-order chi connectivity index (χ0) is 12.3. The molecule has 0 spiro atoms. The second kappa shape index (κ2) is 5.32. The highest BCUT2D eigenvalue weighted by atomic mass is 16.1. The zero-order valence-corrected chi connectivity index (χ0v) is 10.5. The predicted octanol–water partition coefficient (Wildman–Crippen LogP) is 2.36. The molecule has 0 aliphatic carbocycles. The van der Waals surface area contributed by atoms with E-state index in [1.54, 1.807) is 0 Å². The molecule has 0 bridgehead atoms. The first-order valence-electron chi connectivity index (χ1n) is 6.28. The highest BCUT2D eigenvalue weighted by Gasteiger charge is 2.22. The molecule has 1 aliphatic rings. The van der Waals surface area contributed by atoms with E-state index in [0.717, 1.165) is 25.2 Å². The van der Waals surface area contributed by atoms with Gasteiger partial charge in [-0.1, -0.05) is 26.0 Å². The number of carbonyl (C=O) groups excluding carboxylic acids is 1. The molecule has 1 unspecified atom stereocenters. The summed E-state index contributed by atoms with van der Waals surface area (Å²) in [6.07, 6.45) is 0.940. The molecule has 3 nitrogen and oxygen atoms in total. The van der Waals surface area contributed by atoms with Crippen molar-refractivity contribution in [3.8, 4) is 0 Å². The molecular weight excluding hydrogens is 212 g/mol. The Morgan fingerprint density at radius 3 is 2.94 bits per heavy atom. The summed E-state index contributed by atoms with van der Waals surface area (Å²) in [5.41, 5.74) is 2.17. The van der Waals surface area contributed by atoms with Crippen LogP contribution in [0.25, 0.3) is 0 Å². The minimum absolute atomic E-state index is 0.123. The molecule has 1 amide bonds. The fraction of sp³-hybridized carbons (Fsp3) is 0.500. The van der Waals surface area contributed by atoms with Gasteiger partial charge in [0.25, 0.3) is 0 Å². The third kappa shape index (κ3) is 3.07. The smallest absolute Gasteiger partial charge is 0.228 e. The molecule has 1 saturated heterocycles. The Bertz CT molecular complexity index is 395. The molecule has 0 aromatic heterocycles. The Morgan fingerprint density at radius 2 is 2.29 bits per heavy atom. The molecule has 1 heterocycles. The van der Waals surface area contributed by atoms with E-state index >= 15 is 0 Å². The van der Waals surface area contributed by atoms with Crippen LogP contribution in [0.4, 0.5) is 5.69 Å². The zero-order valence-electron chi connectivity index (χ0n) is 10.5. The summed E-state index contributed by atoms with van der Waals surface area (Å²) in [6, 6.07) is 8.10. The van der Waals surface area contributed by atoms with Crippen LogP contribution >= 0.6 is 0 Å². The van der Waals surface area contributed by atoms with Crippen molar-refractivity contribution in [1.29, 1.82) is 0 Å². The Morgan fingerprint density at radius 1 is 1.47 bits per heavy atom. The molecule has 2 rings (SSSR count). The molecule has 3 heteroatoms. The number of anilines is 1. The highest BCUT2D eigenvalue weighted by Crippen LogP contribution is 2.19. The van der Waals surface area contributed by atoms with Gasteiger partial charge in [0.2, 0.25) is 5.91 Å². The maximum absolute atomic E-state index is 11.9. The van der Waals surface area contributed by atoms with Gasteiger partial charge in [0, 0.05) is 12.2 Å². The average molecular weight is 232 g/mol. The van der Waals surface area contributed by atoms with Crippen molar-refractivity contribution in [1.82, 2.24) is 5.32 Å². The van der Waals surface area contributed by atoms with Crippen molar-refractivity contribution in [2.45, 2.75) is 26.2 Å². The van der Waals surface area contributed by atoms with E-state index in [9.17, 15) is 4.79 Å². The number of hydrogen-bond acceptors (Lipinski definition) is 2. The second-order valence-electron chi connectivity index (χ2n) is 4.96. The van der Waals surface area contributed by atoms with Gasteiger partial charge in [0.05, 0.1) is 5.92 Å². The Hall–Kier alpha value is -1.35. The summed E-state index contributed by atoms with van der Waals surface area (Å²) < 4.78 is 0. The normalized spacial score (nSPS) is 19.6. The monoisotopic (exact) mass is 232 g/mol. The predicted molar refractivity (Wildman–Crippen MR) is 70.1 cm³/mol. The van der Waals surface area contributed by atoms with Crippen LogP contribution in [0.2, 0.25) is 0 Å². The molecule has 1 aromatic rings. The van der Waals surface area contributed by atoms with E-state index in [1.165, 1.54) is 5.56 Å². The third-order valence-electron chi connectivity index (χ3n) is 3.25. The minimum Gasteiger partial charge on any atom is -0.326 e. The lowest BCUT2D eigenvalue weighted by Gasteiger charge is -2.12. The van der Waals surface area contributed by atoms with Gasteiger partial charge in [0.15, 0.2) is 0 Å². The molecule has 92 valence electrons. The maximum Gasteiger partial charge on any atom is 0.228 e. The molecular formula is C14H20N2O. The van der Waals surface area contributed by atoms with Gasteiger partial charge >= 0.3 is 0 Å². The maximum atomic E-state index is 11.9. The topological polar surface area (TPSA) is 41.1 Å². The molecule has 2 N–H and O–H groups in total. The number of carbonyl (C=O) groups is 1. The fourth-order valence-electron chi connectivity index (χ4n) is 2.10. The van der Waals surface area contributed by atoms with Crippen LogP contribution in [-0.4, -0.2) is 19.0 Å². The molecule has 1 atom stereocenters. The molecule has 0 radical (unpaired) electrons. The van der Waals surface area contributed by atoms with E-state index in [1.807, 2.05) is 12.1 Å². The van der Waals surface area contributed by atoms with Crippen molar-refractivity contribution in [3.05, 3.63) is 29.8 Å². The van der Waals surface area contributed by atoms with Crippen molar-refractivity contribution in [2.24, 2.45) is 5.92 Å². The molecule has 1 aromatic carbocycles. The van der Waals surface area contributed by atoms with Crippen LogP contribution in [0.5, 0.6) is 0 Å². The molecule has 1 fully saturated rings. The van der Waals surface area contributed by atoms with Gasteiger partial charge in [-0.2, -0.15) is 0 Å². The van der Waals surface area contributed by atoms with E-state index in [-0.39, 0.29) is 11.8 Å². The average Bonchev–Trinajstić information content (AvgIpc) is 2.82. The fourth-order valence-corrected chi connectivity index (χ4v) is 2.10. The van der Waals surface area contributed by atoms with Crippen LogP contribution in [0.1, 0.15) is 31.7 Å². The van der Waals surface area contributed by atoms with Crippen molar-refractivity contribution < 1.29 is 4.79 Å². The third-order valence-corrected chi connectivity index (χ3v) is 3.25. The van der Waals surface area contributed by atoms with Crippen LogP contribution < -0.4 is 10.6 Å². The van der Waals surface area contributed by atoms with Gasteiger partial charge in [-0.15, -0.1) is 0 Å². The molecule has 1 aliphatic heterocycles. The summed E-state index contributed by atoms with van der Waals surface area (Å²) >= 11 is 0. The van der Waals surface area contributed by atoms with Gasteiger partial charge < -0.3 is 10.6 Å². The van der Waals surface area contributed by atoms with Crippen molar-refractivity contribution in [3.63, 3.8) is 0 Å². The first-order chi connectivity index (χ1) is 8.16. The van der Waals surface area contributed by atoms with Crippen molar-refractivity contribution >= 4 is 11.6 Å².